The van der Waals surface area contributed by atoms with Crippen molar-refractivity contribution in [3.63, 3.8) is 0 Å². The van der Waals surface area contributed by atoms with Crippen LogP contribution in [-0.2, 0) is 9.53 Å². The molecular formula is C12H22N2O2S. The fraction of sp³-hybridized carbons (Fsp3) is 0.833. The molecule has 0 amide bonds. The number of carbonyl (C=O) groups is 1. The Balaban J connectivity index is 2.36. The van der Waals surface area contributed by atoms with E-state index in [0.29, 0.717) is 18.1 Å². The quantitative estimate of drug-likeness (QED) is 0.444. The Morgan fingerprint density at radius 2 is 2.29 bits per heavy atom. The molecule has 0 bridgehead atoms. The number of thiocarbonyl (C=S) groups is 1. The Kier molecular flexibility index (Phi) is 6.44. The van der Waals surface area contributed by atoms with E-state index < -0.39 is 0 Å². The van der Waals surface area contributed by atoms with Crippen molar-refractivity contribution in [1.82, 2.24) is 4.90 Å². The molecule has 1 unspecified atom stereocenters. The van der Waals surface area contributed by atoms with Crippen LogP contribution in [0.25, 0.3) is 0 Å². The summed E-state index contributed by atoms with van der Waals surface area (Å²) in [5, 5.41) is 0. The van der Waals surface area contributed by atoms with Gasteiger partial charge in [-0.05, 0) is 25.8 Å². The van der Waals surface area contributed by atoms with Gasteiger partial charge in [-0.2, -0.15) is 0 Å². The summed E-state index contributed by atoms with van der Waals surface area (Å²) in [6.07, 6.45) is 5.14. The highest BCUT2D eigenvalue weighted by Crippen LogP contribution is 2.17. The van der Waals surface area contributed by atoms with Crippen molar-refractivity contribution in [2.75, 3.05) is 19.7 Å². The fourth-order valence-electron chi connectivity index (χ4n) is 2.04. The van der Waals surface area contributed by atoms with Crippen LogP contribution in [0.2, 0.25) is 0 Å². The molecule has 1 aliphatic rings. The van der Waals surface area contributed by atoms with Crippen LogP contribution in [0.1, 0.15) is 39.0 Å². The third-order valence-electron chi connectivity index (χ3n) is 3.04. The van der Waals surface area contributed by atoms with Crippen LogP contribution in [0, 0.1) is 0 Å². The summed E-state index contributed by atoms with van der Waals surface area (Å²) in [6, 6.07) is 0.0671. The minimum absolute atomic E-state index is 0.0671. The lowest BCUT2D eigenvalue weighted by Gasteiger charge is -2.33. The number of esters is 1. The predicted octanol–water partition coefficient (Wildman–Crippen LogP) is 1.47. The van der Waals surface area contributed by atoms with Crippen LogP contribution in [0.5, 0.6) is 0 Å². The second kappa shape index (κ2) is 7.61. The third kappa shape index (κ3) is 5.00. The summed E-state index contributed by atoms with van der Waals surface area (Å²) in [4.78, 5) is 14.1. The van der Waals surface area contributed by atoms with Crippen LogP contribution in [0.3, 0.4) is 0 Å². The van der Waals surface area contributed by atoms with Crippen molar-refractivity contribution in [2.45, 2.75) is 45.1 Å². The normalized spacial score (nSPS) is 21.1. The van der Waals surface area contributed by atoms with E-state index in [2.05, 4.69) is 6.92 Å². The molecular weight excluding hydrogens is 236 g/mol. The van der Waals surface area contributed by atoms with Gasteiger partial charge in [0.1, 0.15) is 0 Å². The zero-order valence-corrected chi connectivity index (χ0v) is 11.3. The van der Waals surface area contributed by atoms with Gasteiger partial charge in [0.2, 0.25) is 0 Å². The number of nitrogens with two attached hydrogens (primary N) is 1. The molecule has 1 fully saturated rings. The molecule has 1 heterocycles. The third-order valence-corrected chi connectivity index (χ3v) is 3.31. The molecule has 2 N–H and O–H groups in total. The Morgan fingerprint density at radius 1 is 1.53 bits per heavy atom. The molecule has 0 saturated carbocycles. The van der Waals surface area contributed by atoms with E-state index in [0.717, 1.165) is 38.6 Å². The molecule has 4 nitrogen and oxygen atoms in total. The largest absolute Gasteiger partial charge is 0.465 e. The monoisotopic (exact) mass is 258 g/mol. The lowest BCUT2D eigenvalue weighted by Crippen LogP contribution is -2.49. The molecule has 1 atom stereocenters. The Hall–Kier alpha value is -0.680. The van der Waals surface area contributed by atoms with Gasteiger partial charge in [-0.3, -0.25) is 9.69 Å². The maximum atomic E-state index is 11.6. The summed E-state index contributed by atoms with van der Waals surface area (Å²) in [7, 11) is 0. The molecule has 17 heavy (non-hydrogen) atoms. The Labute approximate surface area is 108 Å². The highest BCUT2D eigenvalue weighted by atomic mass is 32.1. The van der Waals surface area contributed by atoms with Gasteiger partial charge in [-0.25, -0.2) is 0 Å². The van der Waals surface area contributed by atoms with E-state index in [-0.39, 0.29) is 12.0 Å². The van der Waals surface area contributed by atoms with E-state index in [1.807, 2.05) is 4.90 Å². The van der Waals surface area contributed by atoms with Crippen molar-refractivity contribution in [3.8, 4) is 0 Å². The standard InChI is InChI=1S/C12H22N2O2S/c1-2-3-8-16-11(15)9-14-7-5-4-6-10(14)12(13)17/h10H,2-9H2,1H3,(H2,13,17). The smallest absolute Gasteiger partial charge is 0.320 e. The van der Waals surface area contributed by atoms with Gasteiger partial charge in [0.05, 0.1) is 24.2 Å². The number of hydrogen-bond acceptors (Lipinski definition) is 4. The first-order chi connectivity index (χ1) is 8.15. The van der Waals surface area contributed by atoms with E-state index in [1.54, 1.807) is 0 Å². The zero-order valence-electron chi connectivity index (χ0n) is 10.5. The van der Waals surface area contributed by atoms with E-state index in [9.17, 15) is 4.79 Å². The number of unbranched alkanes of at least 4 members (excludes halogenated alkanes) is 1. The first-order valence-corrected chi connectivity index (χ1v) is 6.75. The maximum absolute atomic E-state index is 11.6. The van der Waals surface area contributed by atoms with Crippen molar-refractivity contribution in [1.29, 1.82) is 0 Å². The number of ether oxygens (including phenoxy) is 1. The number of nitrogens with zero attached hydrogens (tertiary/aromatic N) is 1. The van der Waals surface area contributed by atoms with Crippen molar-refractivity contribution in [3.05, 3.63) is 0 Å². The topological polar surface area (TPSA) is 55.6 Å². The molecule has 0 aromatic heterocycles. The fourth-order valence-corrected chi connectivity index (χ4v) is 2.31. The van der Waals surface area contributed by atoms with Gasteiger partial charge in [-0.1, -0.05) is 32.0 Å². The minimum Gasteiger partial charge on any atom is -0.465 e. The molecule has 0 spiro atoms. The van der Waals surface area contributed by atoms with Crippen LogP contribution in [0.4, 0.5) is 0 Å². The number of carbonyl (C=O) groups excluding carboxylic acids is 1. The van der Waals surface area contributed by atoms with Gasteiger partial charge in [0.25, 0.3) is 0 Å². The lowest BCUT2D eigenvalue weighted by atomic mass is 10.0. The van der Waals surface area contributed by atoms with E-state index >= 15 is 0 Å². The number of rotatable bonds is 6. The zero-order chi connectivity index (χ0) is 12.7. The molecule has 0 aliphatic carbocycles. The molecule has 5 heteroatoms. The summed E-state index contributed by atoms with van der Waals surface area (Å²) in [5.74, 6) is -0.165. The summed E-state index contributed by atoms with van der Waals surface area (Å²) in [5.41, 5.74) is 5.69. The van der Waals surface area contributed by atoms with Crippen LogP contribution >= 0.6 is 12.2 Å². The first kappa shape index (κ1) is 14.4. The van der Waals surface area contributed by atoms with Gasteiger partial charge in [0, 0.05) is 0 Å². The average molecular weight is 258 g/mol. The van der Waals surface area contributed by atoms with Crippen LogP contribution < -0.4 is 5.73 Å². The first-order valence-electron chi connectivity index (χ1n) is 6.34. The van der Waals surface area contributed by atoms with Crippen LogP contribution in [0.15, 0.2) is 0 Å². The summed E-state index contributed by atoms with van der Waals surface area (Å²) in [6.45, 7) is 3.78. The summed E-state index contributed by atoms with van der Waals surface area (Å²) < 4.78 is 5.15. The molecule has 0 aromatic carbocycles. The molecule has 0 aromatic rings. The van der Waals surface area contributed by atoms with Gasteiger partial charge in [-0.15, -0.1) is 0 Å². The van der Waals surface area contributed by atoms with E-state index in [1.165, 1.54) is 0 Å². The molecule has 1 aliphatic heterocycles. The SMILES string of the molecule is CCCCOC(=O)CN1CCCCC1C(N)=S. The predicted molar refractivity (Wildman–Crippen MR) is 71.9 cm³/mol. The second-order valence-corrected chi connectivity index (χ2v) is 4.93. The van der Waals surface area contributed by atoms with E-state index in [4.69, 9.17) is 22.7 Å². The number of likely N-dealkylation sites (tertiary alicyclic amines) is 1. The highest BCUT2D eigenvalue weighted by Gasteiger charge is 2.26. The summed E-state index contributed by atoms with van der Waals surface area (Å²) >= 11 is 5.04. The van der Waals surface area contributed by atoms with Gasteiger partial charge < -0.3 is 10.5 Å². The highest BCUT2D eigenvalue weighted by molar-refractivity contribution is 7.80. The van der Waals surface area contributed by atoms with Crippen LogP contribution in [-0.4, -0.2) is 41.6 Å². The van der Waals surface area contributed by atoms with Crippen molar-refractivity contribution < 1.29 is 9.53 Å². The molecule has 98 valence electrons. The number of hydrogen-bond donors (Lipinski definition) is 1. The maximum Gasteiger partial charge on any atom is 0.320 e. The lowest BCUT2D eigenvalue weighted by molar-refractivity contribution is -0.145. The molecule has 1 rings (SSSR count). The van der Waals surface area contributed by atoms with Crippen molar-refractivity contribution in [2.24, 2.45) is 5.73 Å². The van der Waals surface area contributed by atoms with Gasteiger partial charge in [0.15, 0.2) is 0 Å². The number of piperidine rings is 1. The second-order valence-electron chi connectivity index (χ2n) is 4.46. The van der Waals surface area contributed by atoms with Gasteiger partial charge >= 0.3 is 5.97 Å². The molecule has 0 radical (unpaired) electrons. The molecule has 1 saturated heterocycles. The minimum atomic E-state index is -0.165. The van der Waals surface area contributed by atoms with Crippen molar-refractivity contribution >= 4 is 23.2 Å². The Morgan fingerprint density at radius 3 is 2.94 bits per heavy atom. The average Bonchev–Trinajstić information content (AvgIpc) is 2.29. The Bertz CT molecular complexity index is 271.